The third-order valence-corrected chi connectivity index (χ3v) is 2.20. The predicted octanol–water partition coefficient (Wildman–Crippen LogP) is 2.04. The van der Waals surface area contributed by atoms with Crippen LogP contribution in [0.4, 0.5) is 5.69 Å². The van der Waals surface area contributed by atoms with Crippen molar-refractivity contribution >= 4 is 5.69 Å². The SMILES string of the molecule is COCC(C)(C#N)Nc1ccccc1OC. The largest absolute Gasteiger partial charge is 0.495 e. The molecule has 4 nitrogen and oxygen atoms in total. The van der Waals surface area contributed by atoms with Crippen LogP contribution in [-0.2, 0) is 4.74 Å². The standard InChI is InChI=1S/C12H16N2O2/c1-12(8-13,9-15-2)14-10-6-4-5-7-11(10)16-3/h4-7,14H,9H2,1-3H3. The Morgan fingerprint density at radius 1 is 1.38 bits per heavy atom. The van der Waals surface area contributed by atoms with Gasteiger partial charge in [0.05, 0.1) is 25.5 Å². The van der Waals surface area contributed by atoms with Crippen LogP contribution in [0, 0.1) is 11.3 Å². The van der Waals surface area contributed by atoms with E-state index < -0.39 is 5.54 Å². The average Bonchev–Trinajstić information content (AvgIpc) is 2.30. The molecule has 0 bridgehead atoms. The lowest BCUT2D eigenvalue weighted by molar-refractivity contribution is 0.170. The van der Waals surface area contributed by atoms with E-state index in [1.54, 1.807) is 21.1 Å². The molecule has 1 atom stereocenters. The molecule has 0 aliphatic carbocycles. The number of benzene rings is 1. The minimum absolute atomic E-state index is 0.307. The van der Waals surface area contributed by atoms with Gasteiger partial charge in [-0.3, -0.25) is 0 Å². The molecule has 0 saturated carbocycles. The van der Waals surface area contributed by atoms with Crippen LogP contribution in [0.1, 0.15) is 6.92 Å². The molecular formula is C12H16N2O2. The van der Waals surface area contributed by atoms with Crippen LogP contribution in [-0.4, -0.2) is 26.4 Å². The molecule has 16 heavy (non-hydrogen) atoms. The highest BCUT2D eigenvalue weighted by molar-refractivity contribution is 5.58. The molecule has 1 aromatic carbocycles. The molecule has 0 amide bonds. The lowest BCUT2D eigenvalue weighted by Crippen LogP contribution is -2.37. The number of methoxy groups -OCH3 is 2. The van der Waals surface area contributed by atoms with Crippen molar-refractivity contribution in [3.05, 3.63) is 24.3 Å². The van der Waals surface area contributed by atoms with E-state index in [0.717, 1.165) is 5.69 Å². The third kappa shape index (κ3) is 2.88. The summed E-state index contributed by atoms with van der Waals surface area (Å²) in [7, 11) is 3.17. The molecule has 0 saturated heterocycles. The molecule has 0 radical (unpaired) electrons. The minimum Gasteiger partial charge on any atom is -0.495 e. The predicted molar refractivity (Wildman–Crippen MR) is 62.5 cm³/mol. The Morgan fingerprint density at radius 2 is 2.06 bits per heavy atom. The van der Waals surface area contributed by atoms with E-state index in [-0.39, 0.29) is 0 Å². The van der Waals surface area contributed by atoms with Gasteiger partial charge < -0.3 is 14.8 Å². The smallest absolute Gasteiger partial charge is 0.146 e. The van der Waals surface area contributed by atoms with Gasteiger partial charge in [-0.2, -0.15) is 5.26 Å². The van der Waals surface area contributed by atoms with Crippen LogP contribution >= 0.6 is 0 Å². The molecule has 0 spiro atoms. The Bertz CT molecular complexity index is 387. The van der Waals surface area contributed by atoms with Crippen LogP contribution in [0.15, 0.2) is 24.3 Å². The van der Waals surface area contributed by atoms with Crippen molar-refractivity contribution in [1.82, 2.24) is 0 Å². The number of nitrogens with one attached hydrogen (secondary N) is 1. The highest BCUT2D eigenvalue weighted by atomic mass is 16.5. The molecule has 0 aliphatic heterocycles. The second kappa shape index (κ2) is 5.38. The quantitative estimate of drug-likeness (QED) is 0.825. The highest BCUT2D eigenvalue weighted by Gasteiger charge is 2.24. The van der Waals surface area contributed by atoms with Gasteiger partial charge in [0.15, 0.2) is 0 Å². The number of nitrogens with zero attached hydrogens (tertiary/aromatic N) is 1. The zero-order valence-corrected chi connectivity index (χ0v) is 9.78. The Labute approximate surface area is 95.8 Å². The summed E-state index contributed by atoms with van der Waals surface area (Å²) in [6, 6.07) is 9.66. The van der Waals surface area contributed by atoms with Crippen LogP contribution < -0.4 is 10.1 Å². The van der Waals surface area contributed by atoms with Crippen LogP contribution in [0.5, 0.6) is 5.75 Å². The molecule has 1 N–H and O–H groups in total. The second-order valence-electron chi connectivity index (χ2n) is 3.70. The summed E-state index contributed by atoms with van der Waals surface area (Å²) in [4.78, 5) is 0. The molecule has 0 aromatic heterocycles. The maximum absolute atomic E-state index is 9.11. The second-order valence-corrected chi connectivity index (χ2v) is 3.70. The van der Waals surface area contributed by atoms with Crippen LogP contribution in [0.2, 0.25) is 0 Å². The average molecular weight is 220 g/mol. The first kappa shape index (κ1) is 12.3. The normalized spacial score (nSPS) is 13.6. The number of hydrogen-bond donors (Lipinski definition) is 1. The third-order valence-electron chi connectivity index (χ3n) is 2.20. The molecule has 1 unspecified atom stereocenters. The van der Waals surface area contributed by atoms with Crippen molar-refractivity contribution in [3.8, 4) is 11.8 Å². The number of para-hydroxylation sites is 2. The Hall–Kier alpha value is -1.73. The van der Waals surface area contributed by atoms with E-state index in [4.69, 9.17) is 14.7 Å². The van der Waals surface area contributed by atoms with Gasteiger partial charge in [-0.25, -0.2) is 0 Å². The monoisotopic (exact) mass is 220 g/mol. The van der Waals surface area contributed by atoms with Crippen molar-refractivity contribution in [2.45, 2.75) is 12.5 Å². The molecule has 4 heteroatoms. The summed E-state index contributed by atoms with van der Waals surface area (Å²) >= 11 is 0. The summed E-state index contributed by atoms with van der Waals surface area (Å²) in [6.07, 6.45) is 0. The zero-order chi connectivity index (χ0) is 12.0. The number of nitriles is 1. The van der Waals surface area contributed by atoms with Crippen LogP contribution in [0.25, 0.3) is 0 Å². The highest BCUT2D eigenvalue weighted by Crippen LogP contribution is 2.26. The first-order valence-corrected chi connectivity index (χ1v) is 4.96. The lowest BCUT2D eigenvalue weighted by atomic mass is 10.1. The fourth-order valence-electron chi connectivity index (χ4n) is 1.43. The molecule has 0 heterocycles. The van der Waals surface area contributed by atoms with Crippen molar-refractivity contribution in [2.24, 2.45) is 0 Å². The fraction of sp³-hybridized carbons (Fsp3) is 0.417. The van der Waals surface area contributed by atoms with Crippen molar-refractivity contribution in [2.75, 3.05) is 26.1 Å². The van der Waals surface area contributed by atoms with Gasteiger partial charge in [-0.1, -0.05) is 12.1 Å². The van der Waals surface area contributed by atoms with Gasteiger partial charge in [0, 0.05) is 7.11 Å². The first-order valence-electron chi connectivity index (χ1n) is 4.96. The Balaban J connectivity index is 2.90. The van der Waals surface area contributed by atoms with Gasteiger partial charge in [-0.15, -0.1) is 0 Å². The number of anilines is 1. The van der Waals surface area contributed by atoms with E-state index in [2.05, 4.69) is 11.4 Å². The molecule has 1 rings (SSSR count). The fourth-order valence-corrected chi connectivity index (χ4v) is 1.43. The summed E-state index contributed by atoms with van der Waals surface area (Å²) in [5.74, 6) is 0.708. The van der Waals surface area contributed by atoms with Crippen molar-refractivity contribution in [1.29, 1.82) is 5.26 Å². The minimum atomic E-state index is -0.761. The number of rotatable bonds is 5. The molecular weight excluding hydrogens is 204 g/mol. The van der Waals surface area contributed by atoms with Gasteiger partial charge in [0.1, 0.15) is 11.3 Å². The molecule has 0 fully saturated rings. The summed E-state index contributed by atoms with van der Waals surface area (Å²) in [5.41, 5.74) is 0.0229. The van der Waals surface area contributed by atoms with Gasteiger partial charge in [-0.05, 0) is 19.1 Å². The van der Waals surface area contributed by atoms with Gasteiger partial charge >= 0.3 is 0 Å². The van der Waals surface area contributed by atoms with Gasteiger partial charge in [0.25, 0.3) is 0 Å². The van der Waals surface area contributed by atoms with Crippen molar-refractivity contribution in [3.63, 3.8) is 0 Å². The van der Waals surface area contributed by atoms with E-state index >= 15 is 0 Å². The van der Waals surface area contributed by atoms with E-state index in [0.29, 0.717) is 12.4 Å². The Morgan fingerprint density at radius 3 is 2.62 bits per heavy atom. The number of ether oxygens (including phenoxy) is 2. The van der Waals surface area contributed by atoms with E-state index in [1.165, 1.54) is 0 Å². The summed E-state index contributed by atoms with van der Waals surface area (Å²) in [6.45, 7) is 2.09. The van der Waals surface area contributed by atoms with Crippen molar-refractivity contribution < 1.29 is 9.47 Å². The molecule has 0 aliphatic rings. The summed E-state index contributed by atoms with van der Waals surface area (Å²) in [5, 5.41) is 12.2. The van der Waals surface area contributed by atoms with E-state index in [1.807, 2.05) is 24.3 Å². The molecule has 86 valence electrons. The maximum Gasteiger partial charge on any atom is 0.146 e. The summed E-state index contributed by atoms with van der Waals surface area (Å²) < 4.78 is 10.2. The van der Waals surface area contributed by atoms with Crippen LogP contribution in [0.3, 0.4) is 0 Å². The number of hydrogen-bond acceptors (Lipinski definition) is 4. The van der Waals surface area contributed by atoms with E-state index in [9.17, 15) is 0 Å². The van der Waals surface area contributed by atoms with Gasteiger partial charge in [0.2, 0.25) is 0 Å². The molecule has 1 aromatic rings. The zero-order valence-electron chi connectivity index (χ0n) is 9.78. The first-order chi connectivity index (χ1) is 7.65. The maximum atomic E-state index is 9.11. The Kier molecular flexibility index (Phi) is 4.15. The topological polar surface area (TPSA) is 54.3 Å². The lowest BCUT2D eigenvalue weighted by Gasteiger charge is -2.24.